The van der Waals surface area contributed by atoms with Crippen LogP contribution in [0.4, 0.5) is 0 Å². The van der Waals surface area contributed by atoms with Gasteiger partial charge in [-0.15, -0.1) is 0 Å². The van der Waals surface area contributed by atoms with Gasteiger partial charge in [0.25, 0.3) is 0 Å². The van der Waals surface area contributed by atoms with Crippen LogP contribution in [0.25, 0.3) is 0 Å². The van der Waals surface area contributed by atoms with Gasteiger partial charge in [0, 0.05) is 0 Å². The Morgan fingerprint density at radius 3 is 2.60 bits per heavy atom. The van der Waals surface area contributed by atoms with E-state index in [1.807, 2.05) is 18.2 Å². The molecule has 2 aliphatic rings. The van der Waals surface area contributed by atoms with E-state index in [4.69, 9.17) is 0 Å². The molecule has 4 heteroatoms. The van der Waals surface area contributed by atoms with E-state index in [1.165, 1.54) is 5.56 Å². The number of aromatic carboxylic acids is 1. The maximum Gasteiger partial charge on any atom is 0.335 e. The molecule has 0 bridgehead atoms. The molecule has 0 spiro atoms. The summed E-state index contributed by atoms with van der Waals surface area (Å²) in [6.07, 6.45) is 4.64. The van der Waals surface area contributed by atoms with Crippen molar-refractivity contribution in [3.8, 4) is 0 Å². The van der Waals surface area contributed by atoms with Crippen LogP contribution in [-0.4, -0.2) is 17.0 Å². The summed E-state index contributed by atoms with van der Waals surface area (Å²) < 4.78 is 0. The van der Waals surface area contributed by atoms with Crippen LogP contribution in [0, 0.1) is 0 Å². The van der Waals surface area contributed by atoms with Crippen molar-refractivity contribution in [2.24, 2.45) is 0 Å². The van der Waals surface area contributed by atoms with Crippen LogP contribution in [0.2, 0.25) is 0 Å². The summed E-state index contributed by atoms with van der Waals surface area (Å²) in [5, 5.41) is 12.4. The van der Waals surface area contributed by atoms with Gasteiger partial charge >= 0.3 is 5.97 Å². The van der Waals surface area contributed by atoms with Gasteiger partial charge in [-0.2, -0.15) is 0 Å². The highest BCUT2D eigenvalue weighted by Gasteiger charge is 2.30. The monoisotopic (exact) mass is 335 g/mol. The number of carbonyl (C=O) groups is 2. The van der Waals surface area contributed by atoms with Gasteiger partial charge in [0.1, 0.15) is 0 Å². The molecule has 0 fully saturated rings. The number of carboxylic acids is 1. The SMILES string of the molecule is O=C(O)c1ccc2c(c1)C(NC(=O)[C@@H]1CCCc3ccccc31)CC2. The second kappa shape index (κ2) is 6.36. The lowest BCUT2D eigenvalue weighted by atomic mass is 9.82. The lowest BCUT2D eigenvalue weighted by Crippen LogP contribution is -2.33. The largest absolute Gasteiger partial charge is 0.478 e. The van der Waals surface area contributed by atoms with Crippen LogP contribution in [0.15, 0.2) is 42.5 Å². The Labute approximate surface area is 146 Å². The Bertz CT molecular complexity index is 843. The zero-order valence-electron chi connectivity index (χ0n) is 14.0. The number of nitrogens with one attached hydrogen (secondary N) is 1. The van der Waals surface area contributed by atoms with Crippen molar-refractivity contribution in [2.75, 3.05) is 0 Å². The highest BCUT2D eigenvalue weighted by molar-refractivity contribution is 5.88. The zero-order valence-corrected chi connectivity index (χ0v) is 14.0. The molecule has 2 atom stereocenters. The van der Waals surface area contributed by atoms with E-state index in [0.717, 1.165) is 48.8 Å². The molecule has 0 aliphatic heterocycles. The van der Waals surface area contributed by atoms with E-state index < -0.39 is 5.97 Å². The number of carbonyl (C=O) groups excluding carboxylic acids is 1. The third-order valence-corrected chi connectivity index (χ3v) is 5.47. The van der Waals surface area contributed by atoms with Gasteiger partial charge in [-0.3, -0.25) is 4.79 Å². The first-order chi connectivity index (χ1) is 12.1. The average Bonchev–Trinajstić information content (AvgIpc) is 3.03. The molecule has 2 aliphatic carbocycles. The van der Waals surface area contributed by atoms with Gasteiger partial charge < -0.3 is 10.4 Å². The summed E-state index contributed by atoms with van der Waals surface area (Å²) in [6, 6.07) is 13.3. The van der Waals surface area contributed by atoms with Crippen LogP contribution in [0.5, 0.6) is 0 Å². The van der Waals surface area contributed by atoms with Gasteiger partial charge in [0.2, 0.25) is 5.91 Å². The summed E-state index contributed by atoms with van der Waals surface area (Å²) in [6.45, 7) is 0. The second-order valence-electron chi connectivity index (χ2n) is 6.96. The molecule has 2 N–H and O–H groups in total. The van der Waals surface area contributed by atoms with Crippen molar-refractivity contribution < 1.29 is 14.7 Å². The fraction of sp³-hybridized carbons (Fsp3) is 0.333. The first-order valence-electron chi connectivity index (χ1n) is 8.88. The van der Waals surface area contributed by atoms with E-state index in [1.54, 1.807) is 12.1 Å². The second-order valence-corrected chi connectivity index (χ2v) is 6.96. The molecule has 1 amide bonds. The van der Waals surface area contributed by atoms with E-state index in [2.05, 4.69) is 17.4 Å². The minimum absolute atomic E-state index is 0.0609. The van der Waals surface area contributed by atoms with Crippen molar-refractivity contribution in [2.45, 2.75) is 44.1 Å². The highest BCUT2D eigenvalue weighted by atomic mass is 16.4. The first kappa shape index (κ1) is 15.9. The van der Waals surface area contributed by atoms with Crippen LogP contribution >= 0.6 is 0 Å². The Balaban J connectivity index is 1.56. The summed E-state index contributed by atoms with van der Waals surface area (Å²) in [5.41, 5.74) is 4.79. The smallest absolute Gasteiger partial charge is 0.335 e. The summed E-state index contributed by atoms with van der Waals surface area (Å²) in [5.74, 6) is -0.969. The summed E-state index contributed by atoms with van der Waals surface area (Å²) >= 11 is 0. The molecule has 0 aromatic heterocycles. The normalized spacial score (nSPS) is 21.3. The molecule has 0 heterocycles. The Kier molecular flexibility index (Phi) is 4.04. The quantitative estimate of drug-likeness (QED) is 0.900. The molecule has 128 valence electrons. The molecule has 4 rings (SSSR count). The van der Waals surface area contributed by atoms with Crippen molar-refractivity contribution in [3.05, 3.63) is 70.3 Å². The molecule has 0 saturated carbocycles. The molecule has 0 saturated heterocycles. The molecule has 25 heavy (non-hydrogen) atoms. The Morgan fingerprint density at radius 2 is 1.76 bits per heavy atom. The van der Waals surface area contributed by atoms with Crippen LogP contribution in [0.1, 0.15) is 63.8 Å². The molecule has 0 radical (unpaired) electrons. The lowest BCUT2D eigenvalue weighted by molar-refractivity contribution is -0.123. The molecular weight excluding hydrogens is 314 g/mol. The third kappa shape index (κ3) is 2.93. The van der Waals surface area contributed by atoms with Crippen molar-refractivity contribution in [3.63, 3.8) is 0 Å². The predicted molar refractivity (Wildman–Crippen MR) is 94.7 cm³/mol. The predicted octanol–water partition coefficient (Wildman–Crippen LogP) is 3.61. The van der Waals surface area contributed by atoms with Crippen molar-refractivity contribution in [1.82, 2.24) is 5.32 Å². The van der Waals surface area contributed by atoms with Crippen LogP contribution < -0.4 is 5.32 Å². The van der Waals surface area contributed by atoms with Crippen molar-refractivity contribution >= 4 is 11.9 Å². The van der Waals surface area contributed by atoms with E-state index >= 15 is 0 Å². The van der Waals surface area contributed by atoms with Crippen LogP contribution in [-0.2, 0) is 17.6 Å². The molecule has 2 aromatic rings. The molecule has 4 nitrogen and oxygen atoms in total. The Hall–Kier alpha value is -2.62. The number of rotatable bonds is 3. The number of aryl methyl sites for hydroxylation is 2. The number of benzene rings is 2. The minimum atomic E-state index is -0.930. The van der Waals surface area contributed by atoms with Gasteiger partial charge in [-0.05, 0) is 66.5 Å². The maximum absolute atomic E-state index is 12.9. The number of fused-ring (bicyclic) bond motifs is 2. The zero-order chi connectivity index (χ0) is 17.4. The summed E-state index contributed by atoms with van der Waals surface area (Å²) in [4.78, 5) is 24.1. The fourth-order valence-corrected chi connectivity index (χ4v) is 4.18. The van der Waals surface area contributed by atoms with Gasteiger partial charge in [0.05, 0.1) is 17.5 Å². The fourth-order valence-electron chi connectivity index (χ4n) is 4.18. The summed E-state index contributed by atoms with van der Waals surface area (Å²) in [7, 11) is 0. The maximum atomic E-state index is 12.9. The molecule has 2 aromatic carbocycles. The van der Waals surface area contributed by atoms with Gasteiger partial charge in [-0.1, -0.05) is 30.3 Å². The number of amides is 1. The lowest BCUT2D eigenvalue weighted by Gasteiger charge is -2.26. The minimum Gasteiger partial charge on any atom is -0.478 e. The van der Waals surface area contributed by atoms with E-state index in [-0.39, 0.29) is 23.4 Å². The first-order valence-corrected chi connectivity index (χ1v) is 8.88. The van der Waals surface area contributed by atoms with E-state index in [9.17, 15) is 14.7 Å². The average molecular weight is 335 g/mol. The highest BCUT2D eigenvalue weighted by Crippen LogP contribution is 2.35. The molecular formula is C21H21NO3. The topological polar surface area (TPSA) is 66.4 Å². The van der Waals surface area contributed by atoms with E-state index in [0.29, 0.717) is 0 Å². The van der Waals surface area contributed by atoms with Crippen LogP contribution in [0.3, 0.4) is 0 Å². The molecule has 1 unspecified atom stereocenters. The van der Waals surface area contributed by atoms with Gasteiger partial charge in [0.15, 0.2) is 0 Å². The Morgan fingerprint density at radius 1 is 0.960 bits per heavy atom. The number of carboxylic acid groups (broad SMARTS) is 1. The number of hydrogen-bond donors (Lipinski definition) is 2. The third-order valence-electron chi connectivity index (χ3n) is 5.47. The standard InChI is InChI=1S/C21H21NO3/c23-20(17-7-3-5-13-4-1-2-6-16(13)17)22-19-11-10-14-8-9-15(21(24)25)12-18(14)19/h1-2,4,6,8-9,12,17,19H,3,5,7,10-11H2,(H,22,23)(H,24,25)/t17-,19?/m1/s1. The number of hydrogen-bond acceptors (Lipinski definition) is 2. The van der Waals surface area contributed by atoms with Crippen molar-refractivity contribution in [1.29, 1.82) is 0 Å². The van der Waals surface area contributed by atoms with Gasteiger partial charge in [-0.25, -0.2) is 4.79 Å².